The highest BCUT2D eigenvalue weighted by Gasteiger charge is 2.23. The van der Waals surface area contributed by atoms with Crippen LogP contribution < -0.4 is 5.73 Å². The predicted octanol–water partition coefficient (Wildman–Crippen LogP) is 0.127. The van der Waals surface area contributed by atoms with E-state index in [0.29, 0.717) is 12.1 Å². The van der Waals surface area contributed by atoms with Crippen LogP contribution in [0.5, 0.6) is 0 Å². The van der Waals surface area contributed by atoms with Gasteiger partial charge < -0.3 is 5.73 Å². The molecule has 2 atom stereocenters. The summed E-state index contributed by atoms with van der Waals surface area (Å²) in [6.45, 7) is 4.19. The number of nitrogens with two attached hydrogens (primary N) is 1. The Bertz CT molecular complexity index is 321. The minimum atomic E-state index is 0.373. The zero-order chi connectivity index (χ0) is 10.8. The molecule has 1 aliphatic heterocycles. The summed E-state index contributed by atoms with van der Waals surface area (Å²) >= 11 is 0. The van der Waals surface area contributed by atoms with Crippen LogP contribution in [0.3, 0.4) is 0 Å². The van der Waals surface area contributed by atoms with Crippen molar-refractivity contribution in [2.75, 3.05) is 6.54 Å². The Morgan fingerprint density at radius 1 is 1.60 bits per heavy atom. The number of aryl methyl sites for hydroxylation is 1. The van der Waals surface area contributed by atoms with Gasteiger partial charge in [-0.05, 0) is 19.8 Å². The molecule has 2 N–H and O–H groups in total. The fraction of sp³-hybridized carbons (Fsp3) is 0.800. The minimum Gasteiger partial charge on any atom is -0.328 e. The van der Waals surface area contributed by atoms with Crippen LogP contribution in [0.15, 0.2) is 6.20 Å². The molecule has 15 heavy (non-hydrogen) atoms. The van der Waals surface area contributed by atoms with E-state index in [0.717, 1.165) is 31.6 Å². The van der Waals surface area contributed by atoms with Crippen molar-refractivity contribution in [3.05, 3.63) is 11.9 Å². The molecule has 1 fully saturated rings. The second kappa shape index (κ2) is 4.28. The Balaban J connectivity index is 1.94. The van der Waals surface area contributed by atoms with Crippen LogP contribution in [0.4, 0.5) is 0 Å². The predicted molar refractivity (Wildman–Crippen MR) is 58.1 cm³/mol. The molecule has 0 spiro atoms. The van der Waals surface area contributed by atoms with Gasteiger partial charge in [0.1, 0.15) is 0 Å². The van der Waals surface area contributed by atoms with Crippen LogP contribution in [0, 0.1) is 0 Å². The molecular formula is C10H19N5. The molecule has 1 aliphatic rings. The first-order valence-corrected chi connectivity index (χ1v) is 5.50. The van der Waals surface area contributed by atoms with E-state index in [1.54, 1.807) is 4.68 Å². The molecule has 5 nitrogen and oxygen atoms in total. The van der Waals surface area contributed by atoms with Crippen LogP contribution >= 0.6 is 0 Å². The number of likely N-dealkylation sites (tertiary alicyclic amines) is 1. The highest BCUT2D eigenvalue weighted by Crippen LogP contribution is 2.17. The van der Waals surface area contributed by atoms with Gasteiger partial charge in [-0.2, -0.15) is 0 Å². The lowest BCUT2D eigenvalue weighted by molar-refractivity contribution is 0.138. The van der Waals surface area contributed by atoms with Crippen LogP contribution in [0.25, 0.3) is 0 Å². The standard InChI is InChI=1S/C10H19N5/c1-8-5-9(11)3-4-15(8)7-10-6-14(2)13-12-10/h6,8-9H,3-5,7,11H2,1-2H3. The summed E-state index contributed by atoms with van der Waals surface area (Å²) in [6.07, 6.45) is 4.14. The van der Waals surface area contributed by atoms with E-state index < -0.39 is 0 Å². The lowest BCUT2D eigenvalue weighted by Gasteiger charge is -2.35. The van der Waals surface area contributed by atoms with Crippen LogP contribution in [0.1, 0.15) is 25.5 Å². The molecule has 1 saturated heterocycles. The van der Waals surface area contributed by atoms with Crippen LogP contribution in [-0.2, 0) is 13.6 Å². The molecule has 0 aromatic carbocycles. The first kappa shape index (κ1) is 10.6. The van der Waals surface area contributed by atoms with E-state index >= 15 is 0 Å². The highest BCUT2D eigenvalue weighted by atomic mass is 15.4. The third kappa shape index (κ3) is 2.54. The van der Waals surface area contributed by atoms with Gasteiger partial charge in [0.05, 0.1) is 5.69 Å². The summed E-state index contributed by atoms with van der Waals surface area (Å²) in [6, 6.07) is 0.925. The number of hydrogen-bond acceptors (Lipinski definition) is 4. The molecule has 1 aromatic rings. The number of rotatable bonds is 2. The Labute approximate surface area is 90.2 Å². The highest BCUT2D eigenvalue weighted by molar-refractivity contribution is 4.94. The summed E-state index contributed by atoms with van der Waals surface area (Å²) in [4.78, 5) is 2.42. The number of aromatic nitrogens is 3. The molecule has 84 valence electrons. The second-order valence-electron chi connectivity index (χ2n) is 4.49. The van der Waals surface area contributed by atoms with E-state index in [9.17, 15) is 0 Å². The molecule has 0 amide bonds. The SMILES string of the molecule is CC1CC(N)CCN1Cc1cn(C)nn1. The summed E-state index contributed by atoms with van der Waals surface area (Å²) in [7, 11) is 1.89. The number of hydrogen-bond donors (Lipinski definition) is 1. The van der Waals surface area contributed by atoms with Crippen molar-refractivity contribution in [3.63, 3.8) is 0 Å². The first-order chi connectivity index (χ1) is 7.15. The van der Waals surface area contributed by atoms with E-state index in [1.165, 1.54) is 0 Å². The van der Waals surface area contributed by atoms with E-state index in [-0.39, 0.29) is 0 Å². The van der Waals surface area contributed by atoms with Gasteiger partial charge in [0.2, 0.25) is 0 Å². The van der Waals surface area contributed by atoms with Gasteiger partial charge in [-0.1, -0.05) is 5.21 Å². The fourth-order valence-corrected chi connectivity index (χ4v) is 2.17. The van der Waals surface area contributed by atoms with E-state index in [1.807, 2.05) is 13.2 Å². The molecule has 0 radical (unpaired) electrons. The number of piperidine rings is 1. The van der Waals surface area contributed by atoms with Crippen molar-refractivity contribution >= 4 is 0 Å². The normalized spacial score (nSPS) is 28.2. The summed E-state index contributed by atoms with van der Waals surface area (Å²) in [5.41, 5.74) is 6.97. The molecule has 5 heteroatoms. The maximum Gasteiger partial charge on any atom is 0.0967 e. The lowest BCUT2D eigenvalue weighted by Crippen LogP contribution is -2.45. The molecule has 2 unspecified atom stereocenters. The van der Waals surface area contributed by atoms with E-state index in [4.69, 9.17) is 5.73 Å². The van der Waals surface area contributed by atoms with Gasteiger partial charge in [-0.25, -0.2) is 0 Å². The average molecular weight is 209 g/mol. The van der Waals surface area contributed by atoms with E-state index in [2.05, 4.69) is 22.1 Å². The van der Waals surface area contributed by atoms with Gasteiger partial charge in [-0.3, -0.25) is 9.58 Å². The van der Waals surface area contributed by atoms with Crippen molar-refractivity contribution in [2.24, 2.45) is 12.8 Å². The summed E-state index contributed by atoms with van der Waals surface area (Å²) < 4.78 is 1.75. The monoisotopic (exact) mass is 209 g/mol. The molecule has 0 bridgehead atoms. The maximum atomic E-state index is 5.93. The quantitative estimate of drug-likeness (QED) is 0.752. The minimum absolute atomic E-state index is 0.373. The zero-order valence-corrected chi connectivity index (χ0v) is 9.43. The maximum absolute atomic E-state index is 5.93. The molecule has 2 rings (SSSR count). The number of nitrogens with zero attached hydrogens (tertiary/aromatic N) is 4. The Morgan fingerprint density at radius 2 is 2.40 bits per heavy atom. The van der Waals surface area contributed by atoms with Gasteiger partial charge in [-0.15, -0.1) is 5.10 Å². The third-order valence-corrected chi connectivity index (χ3v) is 3.07. The smallest absolute Gasteiger partial charge is 0.0967 e. The largest absolute Gasteiger partial charge is 0.328 e. The molecule has 1 aromatic heterocycles. The van der Waals surface area contributed by atoms with Crippen LogP contribution in [-0.4, -0.2) is 38.5 Å². The van der Waals surface area contributed by atoms with Gasteiger partial charge in [0.25, 0.3) is 0 Å². The van der Waals surface area contributed by atoms with Crippen molar-refractivity contribution in [2.45, 2.75) is 38.4 Å². The topological polar surface area (TPSA) is 60.0 Å². The lowest BCUT2D eigenvalue weighted by atomic mass is 9.99. The van der Waals surface area contributed by atoms with Gasteiger partial charge in [0.15, 0.2) is 0 Å². The second-order valence-corrected chi connectivity index (χ2v) is 4.49. The fourth-order valence-electron chi connectivity index (χ4n) is 2.17. The zero-order valence-electron chi connectivity index (χ0n) is 9.43. The van der Waals surface area contributed by atoms with Crippen LogP contribution in [0.2, 0.25) is 0 Å². The van der Waals surface area contributed by atoms with Crippen molar-refractivity contribution in [1.29, 1.82) is 0 Å². The third-order valence-electron chi connectivity index (χ3n) is 3.07. The first-order valence-electron chi connectivity index (χ1n) is 5.50. The Kier molecular flexibility index (Phi) is 3.02. The van der Waals surface area contributed by atoms with Gasteiger partial charge >= 0.3 is 0 Å². The Morgan fingerprint density at radius 3 is 3.00 bits per heavy atom. The van der Waals surface area contributed by atoms with Crippen molar-refractivity contribution < 1.29 is 0 Å². The summed E-state index contributed by atoms with van der Waals surface area (Å²) in [5, 5.41) is 8.04. The van der Waals surface area contributed by atoms with Gasteiger partial charge in [0, 0.05) is 38.4 Å². The van der Waals surface area contributed by atoms with Crippen molar-refractivity contribution in [3.8, 4) is 0 Å². The molecule has 0 saturated carbocycles. The molecular weight excluding hydrogens is 190 g/mol. The molecule has 2 heterocycles. The van der Waals surface area contributed by atoms with Crippen molar-refractivity contribution in [1.82, 2.24) is 19.9 Å². The Hall–Kier alpha value is -0.940. The molecule has 0 aliphatic carbocycles. The average Bonchev–Trinajstić information content (AvgIpc) is 2.56. The summed E-state index contributed by atoms with van der Waals surface area (Å²) in [5.74, 6) is 0.